The number of rotatable bonds is 3. The summed E-state index contributed by atoms with van der Waals surface area (Å²) >= 11 is 0. The Bertz CT molecular complexity index is 431. The van der Waals surface area contributed by atoms with Crippen molar-refractivity contribution in [3.8, 4) is 0 Å². The molecule has 0 saturated heterocycles. The van der Waals surface area contributed by atoms with Gasteiger partial charge in [-0.15, -0.1) is 0 Å². The van der Waals surface area contributed by atoms with Crippen LogP contribution in [0.3, 0.4) is 0 Å². The number of amides is 1. The summed E-state index contributed by atoms with van der Waals surface area (Å²) in [5, 5.41) is 0. The van der Waals surface area contributed by atoms with Crippen LogP contribution in [0.15, 0.2) is 24.3 Å². The number of nitrogens with one attached hydrogen (secondary N) is 1. The van der Waals surface area contributed by atoms with Crippen LogP contribution < -0.4 is 11.3 Å². The molecule has 1 aromatic carbocycles. The van der Waals surface area contributed by atoms with E-state index in [0.29, 0.717) is 0 Å². The smallest absolute Gasteiger partial charge is 0.251 e. The zero-order chi connectivity index (χ0) is 13.1. The van der Waals surface area contributed by atoms with Crippen LogP contribution in [0.4, 0.5) is 0 Å². The summed E-state index contributed by atoms with van der Waals surface area (Å²) in [7, 11) is 0. The molecule has 0 spiro atoms. The Morgan fingerprint density at radius 2 is 2.00 bits per heavy atom. The number of fused-ring (bicyclic) bond motifs is 1. The predicted molar refractivity (Wildman–Crippen MR) is 71.5 cm³/mol. The van der Waals surface area contributed by atoms with Gasteiger partial charge in [-0.25, -0.2) is 5.84 Å². The summed E-state index contributed by atoms with van der Waals surface area (Å²) in [4.78, 5) is 14.1. The topological polar surface area (TPSA) is 58.4 Å². The minimum absolute atomic E-state index is 0.0932. The first-order valence-corrected chi connectivity index (χ1v) is 6.44. The van der Waals surface area contributed by atoms with E-state index in [1.807, 2.05) is 0 Å². The highest BCUT2D eigenvalue weighted by Crippen LogP contribution is 2.22. The maximum absolute atomic E-state index is 11.9. The van der Waals surface area contributed by atoms with Gasteiger partial charge in [0.15, 0.2) is 0 Å². The molecular formula is C14H21N3O. The van der Waals surface area contributed by atoms with Gasteiger partial charge in [-0.2, -0.15) is 0 Å². The Labute approximate surface area is 108 Å². The van der Waals surface area contributed by atoms with E-state index < -0.39 is 0 Å². The van der Waals surface area contributed by atoms with E-state index >= 15 is 0 Å². The van der Waals surface area contributed by atoms with Crippen molar-refractivity contribution in [1.82, 2.24) is 10.3 Å². The predicted octanol–water partition coefficient (Wildman–Crippen LogP) is 1.06. The molecule has 1 atom stereocenters. The second kappa shape index (κ2) is 5.50. The van der Waals surface area contributed by atoms with Crippen molar-refractivity contribution in [1.29, 1.82) is 0 Å². The molecule has 0 radical (unpaired) electrons. The van der Waals surface area contributed by atoms with Crippen LogP contribution in [-0.4, -0.2) is 23.4 Å². The lowest BCUT2D eigenvalue weighted by atomic mass is 9.95. The molecule has 1 aliphatic heterocycles. The third kappa shape index (κ3) is 2.54. The van der Waals surface area contributed by atoms with Gasteiger partial charge in [0, 0.05) is 13.1 Å². The van der Waals surface area contributed by atoms with Crippen LogP contribution in [0.2, 0.25) is 0 Å². The second-order valence-corrected chi connectivity index (χ2v) is 5.19. The minimum atomic E-state index is -0.150. The van der Waals surface area contributed by atoms with Crippen LogP contribution in [0.25, 0.3) is 0 Å². The van der Waals surface area contributed by atoms with Crippen molar-refractivity contribution in [2.24, 2.45) is 11.8 Å². The molecule has 18 heavy (non-hydrogen) atoms. The van der Waals surface area contributed by atoms with Crippen molar-refractivity contribution in [3.05, 3.63) is 35.4 Å². The van der Waals surface area contributed by atoms with Crippen molar-refractivity contribution in [3.63, 3.8) is 0 Å². The summed E-state index contributed by atoms with van der Waals surface area (Å²) in [5.41, 5.74) is 5.00. The van der Waals surface area contributed by atoms with Crippen LogP contribution in [0, 0.1) is 5.92 Å². The summed E-state index contributed by atoms with van der Waals surface area (Å²) in [5.74, 6) is 5.44. The number of hydrazine groups is 1. The van der Waals surface area contributed by atoms with Crippen LogP contribution >= 0.6 is 0 Å². The zero-order valence-corrected chi connectivity index (χ0v) is 11.0. The molecule has 2 rings (SSSR count). The number of nitrogens with zero attached hydrogens (tertiary/aromatic N) is 1. The van der Waals surface area contributed by atoms with E-state index in [1.165, 1.54) is 11.1 Å². The highest BCUT2D eigenvalue weighted by atomic mass is 16.2. The Morgan fingerprint density at radius 3 is 2.61 bits per heavy atom. The van der Waals surface area contributed by atoms with Crippen LogP contribution in [0.5, 0.6) is 0 Å². The summed E-state index contributed by atoms with van der Waals surface area (Å²) in [6, 6.07) is 8.28. The van der Waals surface area contributed by atoms with E-state index in [-0.39, 0.29) is 17.9 Å². The molecule has 4 nitrogen and oxygen atoms in total. The first-order chi connectivity index (χ1) is 8.63. The molecule has 1 heterocycles. The Balaban J connectivity index is 2.18. The number of carbonyl (C=O) groups is 1. The van der Waals surface area contributed by atoms with Gasteiger partial charge in [-0.1, -0.05) is 38.1 Å². The first-order valence-electron chi connectivity index (χ1n) is 6.44. The number of nitrogens with two attached hydrogens (primary N) is 1. The highest BCUT2D eigenvalue weighted by molar-refractivity contribution is 5.81. The second-order valence-electron chi connectivity index (χ2n) is 5.19. The lowest BCUT2D eigenvalue weighted by molar-refractivity contribution is -0.128. The number of benzene rings is 1. The van der Waals surface area contributed by atoms with Crippen molar-refractivity contribution >= 4 is 5.91 Å². The molecule has 0 fully saturated rings. The van der Waals surface area contributed by atoms with Gasteiger partial charge in [0.1, 0.15) is 0 Å². The van der Waals surface area contributed by atoms with E-state index in [9.17, 15) is 4.79 Å². The van der Waals surface area contributed by atoms with Gasteiger partial charge in [-0.05, 0) is 23.5 Å². The fourth-order valence-corrected chi connectivity index (χ4v) is 2.73. The van der Waals surface area contributed by atoms with Gasteiger partial charge in [0.25, 0.3) is 5.91 Å². The van der Waals surface area contributed by atoms with E-state index in [1.54, 1.807) is 0 Å². The lowest BCUT2D eigenvalue weighted by Crippen LogP contribution is -2.52. The van der Waals surface area contributed by atoms with Crippen LogP contribution in [-0.2, 0) is 17.8 Å². The molecule has 0 aliphatic carbocycles. The van der Waals surface area contributed by atoms with E-state index in [0.717, 1.165) is 19.5 Å². The molecule has 0 saturated carbocycles. The fourth-order valence-electron chi connectivity index (χ4n) is 2.73. The van der Waals surface area contributed by atoms with E-state index in [2.05, 4.69) is 48.4 Å². The number of hydrogen-bond acceptors (Lipinski definition) is 3. The number of carbonyl (C=O) groups excluding carboxylic acids is 1. The summed E-state index contributed by atoms with van der Waals surface area (Å²) in [6.45, 7) is 5.85. The van der Waals surface area contributed by atoms with Gasteiger partial charge < -0.3 is 0 Å². The minimum Gasteiger partial charge on any atom is -0.293 e. The van der Waals surface area contributed by atoms with Crippen molar-refractivity contribution in [2.75, 3.05) is 6.54 Å². The molecular weight excluding hydrogens is 226 g/mol. The Morgan fingerprint density at radius 1 is 1.33 bits per heavy atom. The van der Waals surface area contributed by atoms with E-state index in [4.69, 9.17) is 5.84 Å². The van der Waals surface area contributed by atoms with Crippen LogP contribution in [0.1, 0.15) is 25.0 Å². The SMILES string of the molecule is CC(C)C(C(=O)NN)N1CCc2ccccc2C1. The van der Waals surface area contributed by atoms with Gasteiger partial charge in [-0.3, -0.25) is 15.1 Å². The lowest BCUT2D eigenvalue weighted by Gasteiger charge is -2.36. The highest BCUT2D eigenvalue weighted by Gasteiger charge is 2.30. The standard InChI is InChI=1S/C14H21N3O/c1-10(2)13(14(18)16-15)17-8-7-11-5-3-4-6-12(11)9-17/h3-6,10,13H,7-9,15H2,1-2H3,(H,16,18). The Hall–Kier alpha value is -1.39. The molecule has 1 amide bonds. The molecule has 0 aromatic heterocycles. The third-order valence-corrected chi connectivity index (χ3v) is 3.60. The van der Waals surface area contributed by atoms with Gasteiger partial charge in [0.05, 0.1) is 6.04 Å². The zero-order valence-electron chi connectivity index (χ0n) is 11.0. The molecule has 3 N–H and O–H groups in total. The molecule has 1 aromatic rings. The first kappa shape index (κ1) is 13.1. The monoisotopic (exact) mass is 247 g/mol. The average molecular weight is 247 g/mol. The molecule has 98 valence electrons. The fraction of sp³-hybridized carbons (Fsp3) is 0.500. The van der Waals surface area contributed by atoms with Gasteiger partial charge >= 0.3 is 0 Å². The van der Waals surface area contributed by atoms with Crippen molar-refractivity contribution < 1.29 is 4.79 Å². The van der Waals surface area contributed by atoms with Gasteiger partial charge in [0.2, 0.25) is 0 Å². The Kier molecular flexibility index (Phi) is 3.99. The maximum atomic E-state index is 11.9. The molecule has 1 aliphatic rings. The molecule has 4 heteroatoms. The maximum Gasteiger partial charge on any atom is 0.251 e. The normalized spacial score (nSPS) is 17.3. The average Bonchev–Trinajstić information content (AvgIpc) is 2.38. The quantitative estimate of drug-likeness (QED) is 0.477. The summed E-state index contributed by atoms with van der Waals surface area (Å²) in [6.07, 6.45) is 0.997. The molecule has 1 unspecified atom stereocenters. The van der Waals surface area contributed by atoms with Crippen molar-refractivity contribution in [2.45, 2.75) is 32.9 Å². The number of hydrogen-bond donors (Lipinski definition) is 2. The largest absolute Gasteiger partial charge is 0.293 e. The molecule has 0 bridgehead atoms. The summed E-state index contributed by atoms with van der Waals surface area (Å²) < 4.78 is 0. The third-order valence-electron chi connectivity index (χ3n) is 3.60.